The molecule has 104 valence electrons. The van der Waals surface area contributed by atoms with Crippen molar-refractivity contribution in [2.45, 2.75) is 12.8 Å². The van der Waals surface area contributed by atoms with Crippen molar-refractivity contribution >= 4 is 21.8 Å². The van der Waals surface area contributed by atoms with Gasteiger partial charge in [-0.1, -0.05) is 6.07 Å². The molecular formula is C14H17BrFNO2. The molecule has 3 nitrogen and oxygen atoms in total. The van der Waals surface area contributed by atoms with Crippen LogP contribution < -0.4 is 0 Å². The van der Waals surface area contributed by atoms with Gasteiger partial charge in [0, 0.05) is 24.7 Å². The van der Waals surface area contributed by atoms with Gasteiger partial charge in [-0.2, -0.15) is 0 Å². The Morgan fingerprint density at radius 2 is 2.37 bits per heavy atom. The van der Waals surface area contributed by atoms with Crippen molar-refractivity contribution in [3.8, 4) is 0 Å². The maximum Gasteiger partial charge on any atom is 0.257 e. The molecule has 1 unspecified atom stereocenters. The van der Waals surface area contributed by atoms with Crippen molar-refractivity contribution < 1.29 is 13.9 Å². The van der Waals surface area contributed by atoms with Gasteiger partial charge in [0.05, 0.1) is 12.2 Å². The summed E-state index contributed by atoms with van der Waals surface area (Å²) in [6.07, 6.45) is 2.08. The Morgan fingerprint density at radius 1 is 1.58 bits per heavy atom. The van der Waals surface area contributed by atoms with Crippen LogP contribution in [0.3, 0.4) is 0 Å². The standard InChI is InChI=1S/C14H17BrFNO2/c1-17(8-10-4-3-7-19-9-10)14(18)13-11(15)5-2-6-12(13)16/h2,5-6,10H,3-4,7-9H2,1H3. The van der Waals surface area contributed by atoms with Crippen molar-refractivity contribution in [2.24, 2.45) is 5.92 Å². The molecule has 1 aliphatic heterocycles. The Kier molecular flexibility index (Phi) is 4.93. The van der Waals surface area contributed by atoms with Crippen LogP contribution in [-0.4, -0.2) is 37.6 Å². The molecule has 0 spiro atoms. The first-order valence-corrected chi connectivity index (χ1v) is 7.16. The zero-order chi connectivity index (χ0) is 13.8. The number of carbonyl (C=O) groups excluding carboxylic acids is 1. The highest BCUT2D eigenvalue weighted by Gasteiger charge is 2.23. The average Bonchev–Trinajstić information content (AvgIpc) is 2.39. The predicted molar refractivity (Wildman–Crippen MR) is 74.6 cm³/mol. The Morgan fingerprint density at radius 3 is 3.00 bits per heavy atom. The molecule has 0 radical (unpaired) electrons. The van der Waals surface area contributed by atoms with Gasteiger partial charge < -0.3 is 9.64 Å². The third-order valence-electron chi connectivity index (χ3n) is 3.31. The van der Waals surface area contributed by atoms with Crippen LogP contribution in [0.5, 0.6) is 0 Å². The summed E-state index contributed by atoms with van der Waals surface area (Å²) in [6.45, 7) is 2.07. The van der Waals surface area contributed by atoms with Gasteiger partial charge in [0.15, 0.2) is 0 Å². The molecule has 1 aliphatic rings. The minimum Gasteiger partial charge on any atom is -0.381 e. The Hall–Kier alpha value is -0.940. The SMILES string of the molecule is CN(CC1CCCOC1)C(=O)c1c(F)cccc1Br. The van der Waals surface area contributed by atoms with E-state index in [1.54, 1.807) is 24.1 Å². The van der Waals surface area contributed by atoms with Crippen LogP contribution in [-0.2, 0) is 4.74 Å². The molecule has 19 heavy (non-hydrogen) atoms. The second-order valence-electron chi connectivity index (χ2n) is 4.87. The van der Waals surface area contributed by atoms with E-state index in [0.717, 1.165) is 19.4 Å². The van der Waals surface area contributed by atoms with Gasteiger partial charge in [-0.25, -0.2) is 4.39 Å². The molecule has 5 heteroatoms. The minimum atomic E-state index is -0.494. The van der Waals surface area contributed by atoms with Crippen LogP contribution in [0.1, 0.15) is 23.2 Å². The van der Waals surface area contributed by atoms with E-state index in [1.165, 1.54) is 6.07 Å². The first kappa shape index (κ1) is 14.5. The number of hydrogen-bond acceptors (Lipinski definition) is 2. The number of carbonyl (C=O) groups is 1. The molecule has 1 fully saturated rings. The number of hydrogen-bond donors (Lipinski definition) is 0. The average molecular weight is 330 g/mol. The summed E-state index contributed by atoms with van der Waals surface area (Å²) in [4.78, 5) is 13.8. The number of benzene rings is 1. The maximum absolute atomic E-state index is 13.7. The van der Waals surface area contributed by atoms with Crippen molar-refractivity contribution in [2.75, 3.05) is 26.8 Å². The lowest BCUT2D eigenvalue weighted by atomic mass is 10.0. The Bertz CT molecular complexity index is 441. The van der Waals surface area contributed by atoms with Gasteiger partial charge in [-0.3, -0.25) is 4.79 Å². The smallest absolute Gasteiger partial charge is 0.257 e. The second kappa shape index (κ2) is 6.48. The summed E-state index contributed by atoms with van der Waals surface area (Å²) in [5.41, 5.74) is 0.0988. The third kappa shape index (κ3) is 3.54. The van der Waals surface area contributed by atoms with Crippen molar-refractivity contribution in [3.63, 3.8) is 0 Å². The molecule has 1 saturated heterocycles. The van der Waals surface area contributed by atoms with Gasteiger partial charge >= 0.3 is 0 Å². The van der Waals surface area contributed by atoms with Crippen LogP contribution >= 0.6 is 15.9 Å². The highest BCUT2D eigenvalue weighted by molar-refractivity contribution is 9.10. The van der Waals surface area contributed by atoms with Crippen molar-refractivity contribution in [3.05, 3.63) is 34.1 Å². The first-order valence-electron chi connectivity index (χ1n) is 6.37. The lowest BCUT2D eigenvalue weighted by molar-refractivity contribution is 0.0387. The summed E-state index contributed by atoms with van der Waals surface area (Å²) in [5, 5.41) is 0. The second-order valence-corrected chi connectivity index (χ2v) is 5.72. The molecule has 1 atom stereocenters. The first-order chi connectivity index (χ1) is 9.09. The monoisotopic (exact) mass is 329 g/mol. The molecule has 0 aromatic heterocycles. The van der Waals surface area contributed by atoms with Gasteiger partial charge in [0.1, 0.15) is 5.82 Å². The molecule has 2 rings (SSSR count). The predicted octanol–water partition coefficient (Wildman–Crippen LogP) is 3.09. The molecule has 1 amide bonds. The van der Waals surface area contributed by atoms with Crippen LogP contribution in [0.2, 0.25) is 0 Å². The molecule has 1 heterocycles. The fourth-order valence-corrected chi connectivity index (χ4v) is 2.83. The summed E-state index contributed by atoms with van der Waals surface area (Å²) >= 11 is 3.23. The number of nitrogens with zero attached hydrogens (tertiary/aromatic N) is 1. The van der Waals surface area contributed by atoms with Gasteiger partial charge in [0.25, 0.3) is 5.91 Å². The summed E-state index contributed by atoms with van der Waals surface area (Å²) in [6, 6.07) is 4.55. The minimum absolute atomic E-state index is 0.0988. The van der Waals surface area contributed by atoms with Gasteiger partial charge in [0.2, 0.25) is 0 Å². The normalized spacial score (nSPS) is 19.2. The Balaban J connectivity index is 2.06. The Labute approximate surface area is 120 Å². The largest absolute Gasteiger partial charge is 0.381 e. The van der Waals surface area contributed by atoms with E-state index < -0.39 is 5.82 Å². The number of rotatable bonds is 3. The van der Waals surface area contributed by atoms with E-state index in [0.29, 0.717) is 23.5 Å². The summed E-state index contributed by atoms with van der Waals surface area (Å²) in [7, 11) is 1.70. The molecule has 1 aromatic carbocycles. The van der Waals surface area contributed by atoms with E-state index in [2.05, 4.69) is 15.9 Å². The van der Waals surface area contributed by atoms with Crippen LogP contribution in [0.25, 0.3) is 0 Å². The highest BCUT2D eigenvalue weighted by atomic mass is 79.9. The van der Waals surface area contributed by atoms with E-state index in [4.69, 9.17) is 4.74 Å². The van der Waals surface area contributed by atoms with Crippen LogP contribution in [0.15, 0.2) is 22.7 Å². The van der Waals surface area contributed by atoms with Crippen molar-refractivity contribution in [1.82, 2.24) is 4.90 Å². The molecular weight excluding hydrogens is 313 g/mol. The molecule has 0 bridgehead atoms. The van der Waals surface area contributed by atoms with Crippen LogP contribution in [0, 0.1) is 11.7 Å². The summed E-state index contributed by atoms with van der Waals surface area (Å²) in [5.74, 6) is -0.449. The molecule has 0 aliphatic carbocycles. The third-order valence-corrected chi connectivity index (χ3v) is 3.97. The van der Waals surface area contributed by atoms with E-state index in [9.17, 15) is 9.18 Å². The lowest BCUT2D eigenvalue weighted by Crippen LogP contribution is -2.35. The lowest BCUT2D eigenvalue weighted by Gasteiger charge is -2.27. The number of halogens is 2. The maximum atomic E-state index is 13.7. The zero-order valence-electron chi connectivity index (χ0n) is 10.9. The summed E-state index contributed by atoms with van der Waals surface area (Å²) < 4.78 is 19.6. The molecule has 0 saturated carbocycles. The van der Waals surface area contributed by atoms with E-state index >= 15 is 0 Å². The van der Waals surface area contributed by atoms with E-state index in [1.807, 2.05) is 0 Å². The highest BCUT2D eigenvalue weighted by Crippen LogP contribution is 2.22. The quantitative estimate of drug-likeness (QED) is 0.852. The fraction of sp³-hybridized carbons (Fsp3) is 0.500. The molecule has 0 N–H and O–H groups in total. The zero-order valence-corrected chi connectivity index (χ0v) is 12.5. The van der Waals surface area contributed by atoms with Gasteiger partial charge in [-0.15, -0.1) is 0 Å². The van der Waals surface area contributed by atoms with E-state index in [-0.39, 0.29) is 11.5 Å². The van der Waals surface area contributed by atoms with Gasteiger partial charge in [-0.05, 0) is 46.8 Å². The topological polar surface area (TPSA) is 29.5 Å². The van der Waals surface area contributed by atoms with Crippen molar-refractivity contribution in [1.29, 1.82) is 0 Å². The number of ether oxygens (including phenoxy) is 1. The number of amides is 1. The fourth-order valence-electron chi connectivity index (χ4n) is 2.31. The molecule has 1 aromatic rings. The van der Waals surface area contributed by atoms with Crippen LogP contribution in [0.4, 0.5) is 4.39 Å².